The number of fused-ring (bicyclic) bond motifs is 12. The van der Waals surface area contributed by atoms with Crippen molar-refractivity contribution < 1.29 is 44.4 Å². The van der Waals surface area contributed by atoms with Gasteiger partial charge in [0.15, 0.2) is 23.4 Å². The largest absolute Gasteiger partial charge is 0.341 e. The molecule has 67 heavy (non-hydrogen) atoms. The van der Waals surface area contributed by atoms with Crippen LogP contribution in [-0.2, 0) is 49.2 Å². The Morgan fingerprint density at radius 3 is 1.36 bits per heavy atom. The van der Waals surface area contributed by atoms with Gasteiger partial charge in [-0.3, -0.25) is 19.2 Å². The number of allylic oxidation sites excluding steroid dienone is 2. The molecule has 0 spiro atoms. The Hall–Kier alpha value is -5.21. The van der Waals surface area contributed by atoms with Crippen LogP contribution >= 0.6 is 0 Å². The molecule has 2 N–H and O–H groups in total. The van der Waals surface area contributed by atoms with E-state index in [0.717, 1.165) is 35.5 Å². The number of likely N-dealkylation sites (tertiary alicyclic amines) is 2. The van der Waals surface area contributed by atoms with Crippen LogP contribution < -0.4 is 14.9 Å². The maximum Gasteiger partial charge on any atom is 0.286 e. The quantitative estimate of drug-likeness (QED) is 0.247. The number of rotatable bonds is 9. The van der Waals surface area contributed by atoms with Crippen molar-refractivity contribution in [2.75, 3.05) is 34.3 Å². The second kappa shape index (κ2) is 15.1. The number of Topliss-reactive ketones (excluding diaryl/α,β-unsaturated/α-hetero) is 2. The molecule has 356 valence electrons. The van der Waals surface area contributed by atoms with Gasteiger partial charge in [-0.25, -0.2) is 12.7 Å². The highest BCUT2D eigenvalue weighted by Gasteiger charge is 2.61. The average molecular weight is 974 g/mol. The van der Waals surface area contributed by atoms with Gasteiger partial charge in [-0.1, -0.05) is 65.8 Å². The number of sulfonamides is 3. The molecule has 4 heterocycles. The van der Waals surface area contributed by atoms with E-state index in [1.807, 2.05) is 12.2 Å². The Labute approximate surface area is 391 Å². The Morgan fingerprint density at radius 1 is 0.627 bits per heavy atom. The highest BCUT2D eigenvalue weighted by atomic mass is 32.2. The number of amidine groups is 2. The summed E-state index contributed by atoms with van der Waals surface area (Å²) in [6.07, 6.45) is 11.8. The number of piperidine rings is 2. The zero-order valence-electron chi connectivity index (χ0n) is 38.3. The number of ketones is 2. The van der Waals surface area contributed by atoms with Crippen LogP contribution in [0.25, 0.3) is 0 Å². The molecule has 2 saturated carbocycles. The van der Waals surface area contributed by atoms with E-state index in [1.165, 1.54) is 24.3 Å². The van der Waals surface area contributed by atoms with Crippen molar-refractivity contribution in [3.63, 3.8) is 0 Å². The lowest BCUT2D eigenvalue weighted by Crippen LogP contribution is -2.61. The van der Waals surface area contributed by atoms with Crippen molar-refractivity contribution in [2.24, 2.45) is 67.0 Å². The molecule has 17 nitrogen and oxygen atoms in total. The zero-order valence-corrected chi connectivity index (χ0v) is 40.8. The fraction of sp³-hybridized carbons (Fsp3) is 0.532. The predicted molar refractivity (Wildman–Crippen MR) is 251 cm³/mol. The molecule has 0 radical (unpaired) electrons. The highest BCUT2D eigenvalue weighted by Crippen LogP contribution is 2.52. The van der Waals surface area contributed by atoms with Crippen molar-refractivity contribution in [3.05, 3.63) is 60.7 Å². The minimum atomic E-state index is -4.66. The van der Waals surface area contributed by atoms with E-state index in [9.17, 15) is 44.4 Å². The maximum absolute atomic E-state index is 14.3. The first kappa shape index (κ1) is 45.6. The molecule has 10 rings (SSSR count). The van der Waals surface area contributed by atoms with Crippen LogP contribution in [0.4, 0.5) is 22.7 Å². The normalized spacial score (nSPS) is 32.0. The topological polar surface area (TPSA) is 229 Å². The number of hydrogen-bond acceptors (Lipinski definition) is 12. The minimum Gasteiger partial charge on any atom is -0.341 e. The van der Waals surface area contributed by atoms with Crippen LogP contribution in [0, 0.1) is 58.2 Å². The molecule has 8 aliphatic rings. The summed E-state index contributed by atoms with van der Waals surface area (Å²) in [4.78, 5) is 59.7. The molecule has 2 amide bonds. The van der Waals surface area contributed by atoms with E-state index in [2.05, 4.69) is 73.1 Å². The van der Waals surface area contributed by atoms with Gasteiger partial charge in [-0.15, -0.1) is 8.80 Å². The van der Waals surface area contributed by atoms with Gasteiger partial charge in [0.2, 0.25) is 21.8 Å². The zero-order chi connectivity index (χ0) is 48.1. The summed E-state index contributed by atoms with van der Waals surface area (Å²) in [5.74, 6) is -6.57. The number of nitrogens with one attached hydrogen (secondary N) is 2. The number of nitrogens with zero attached hydrogens (tertiary/aromatic N) is 5. The number of anilines is 4. The molecular weight excluding hydrogens is 919 g/mol. The van der Waals surface area contributed by atoms with Crippen LogP contribution in [0.15, 0.2) is 79.3 Å². The molecule has 2 aromatic rings. The summed E-state index contributed by atoms with van der Waals surface area (Å²) in [6, 6.07) is 6.75. The summed E-state index contributed by atoms with van der Waals surface area (Å²) < 4.78 is 92.3. The molecule has 4 fully saturated rings. The van der Waals surface area contributed by atoms with Gasteiger partial charge in [-0.2, -0.15) is 16.8 Å². The van der Waals surface area contributed by atoms with Crippen LogP contribution in [0.3, 0.4) is 0 Å². The second-order valence-corrected chi connectivity index (χ2v) is 26.8. The maximum atomic E-state index is 14.3. The second-order valence-electron chi connectivity index (χ2n) is 21.8. The molecule has 20 heteroatoms. The van der Waals surface area contributed by atoms with Gasteiger partial charge in [0.1, 0.15) is 21.5 Å². The molecular formula is C47H55N7O10S3. The van der Waals surface area contributed by atoms with Gasteiger partial charge in [-0.05, 0) is 96.6 Å². The summed E-state index contributed by atoms with van der Waals surface area (Å²) in [7, 11) is -13.6. The fourth-order valence-corrected chi connectivity index (χ4v) is 15.1. The first-order valence-electron chi connectivity index (χ1n) is 22.8. The van der Waals surface area contributed by atoms with E-state index in [1.54, 1.807) is 9.80 Å². The van der Waals surface area contributed by atoms with Crippen LogP contribution in [0.2, 0.25) is 0 Å². The minimum absolute atomic E-state index is 0.0305. The first-order chi connectivity index (χ1) is 31.2. The Balaban J connectivity index is 0.947. The Kier molecular flexibility index (Phi) is 10.3. The lowest BCUT2D eigenvalue weighted by molar-refractivity contribution is -0.152. The lowest BCUT2D eigenvalue weighted by Gasteiger charge is -2.45. The first-order valence-corrected chi connectivity index (χ1v) is 27.5. The van der Waals surface area contributed by atoms with Crippen molar-refractivity contribution in [2.45, 2.75) is 89.1 Å². The molecule has 4 aliphatic carbocycles. The predicted octanol–water partition coefficient (Wildman–Crippen LogP) is 5.12. The van der Waals surface area contributed by atoms with Crippen molar-refractivity contribution in [1.82, 2.24) is 9.80 Å². The lowest BCUT2D eigenvalue weighted by atomic mass is 9.75. The van der Waals surface area contributed by atoms with Crippen molar-refractivity contribution in [1.29, 1.82) is 0 Å². The van der Waals surface area contributed by atoms with Crippen molar-refractivity contribution >= 4 is 87.9 Å². The number of carbonyl (C=O) groups is 4. The average Bonchev–Trinajstić information content (AvgIpc) is 4.03. The molecule has 4 bridgehead atoms. The Morgan fingerprint density at radius 2 is 1.00 bits per heavy atom. The van der Waals surface area contributed by atoms with Gasteiger partial charge >= 0.3 is 0 Å². The van der Waals surface area contributed by atoms with E-state index in [0.29, 0.717) is 25.9 Å². The monoisotopic (exact) mass is 973 g/mol. The summed E-state index contributed by atoms with van der Waals surface area (Å²) in [5, 5.41) is 5.86. The summed E-state index contributed by atoms with van der Waals surface area (Å²) in [5.41, 5.74) is -0.676. The summed E-state index contributed by atoms with van der Waals surface area (Å²) >= 11 is 0. The van der Waals surface area contributed by atoms with Gasteiger partial charge < -0.3 is 20.4 Å². The third-order valence-electron chi connectivity index (χ3n) is 14.8. The molecule has 10 atom stereocenters. The van der Waals surface area contributed by atoms with E-state index < -0.39 is 86.9 Å². The van der Waals surface area contributed by atoms with Crippen LogP contribution in [-0.4, -0.2) is 102 Å². The van der Waals surface area contributed by atoms with E-state index >= 15 is 0 Å². The fourth-order valence-electron chi connectivity index (χ4n) is 11.8. The highest BCUT2D eigenvalue weighted by molar-refractivity contribution is 7.92. The number of hydrogen-bond donors (Lipinski definition) is 2. The Bertz CT molecular complexity index is 2850. The van der Waals surface area contributed by atoms with Gasteiger partial charge in [0, 0.05) is 37.0 Å². The standard InChI is InChI=1S/C47H55N7O10S3/c1-46(2,3)16-18-52-38-26-10-8-24(20-26)34(38)40(55)36(44(52)57)42-48-30-14-12-28(22-32(30)66(61,62)50-42)54(65(7,59)60)29-13-15-31-33(23-29)67(63,64)51-43(49-31)37-41(56)35-25-9-11-27(21-25)39(35)53(45(37)58)19-17-47(4,5)6/h8-15,22-27,34-39H,16-21H2,1-7H3,(H,48,50)(H,49,51). The molecule has 0 aromatic heterocycles. The molecule has 2 saturated heterocycles. The number of carbonyl (C=O) groups excluding carboxylic acids is 4. The molecule has 2 aromatic carbocycles. The van der Waals surface area contributed by atoms with E-state index in [-0.39, 0.29) is 81.0 Å². The molecule has 10 unspecified atom stereocenters. The van der Waals surface area contributed by atoms with E-state index in [4.69, 9.17) is 0 Å². The number of amides is 2. The van der Waals surface area contributed by atoms with Crippen LogP contribution in [0.1, 0.15) is 67.2 Å². The number of benzene rings is 2. The van der Waals surface area contributed by atoms with Gasteiger partial charge in [0.25, 0.3) is 20.0 Å². The summed E-state index contributed by atoms with van der Waals surface area (Å²) in [6.45, 7) is 13.1. The SMILES string of the molecule is CC(C)(C)CCN1C(=O)C(C2=NS(=O)(=O)c3cc(N(c4ccc5c(c4)S(=O)(=O)N=C(C4C(=O)C6C7C=CC(C7)C6N(CCC(C)(C)C)C4=O)N5)S(C)(=O)=O)ccc3N2)C(=O)C2C3C=CC(C3)C21. The van der Waals surface area contributed by atoms with Crippen molar-refractivity contribution in [3.8, 4) is 0 Å². The van der Waals surface area contributed by atoms with Crippen LogP contribution in [0.5, 0.6) is 0 Å². The smallest absolute Gasteiger partial charge is 0.286 e. The third kappa shape index (κ3) is 7.55. The van der Waals surface area contributed by atoms with Gasteiger partial charge in [0.05, 0.1) is 29.0 Å². The molecule has 4 aliphatic heterocycles. The third-order valence-corrected chi connectivity index (χ3v) is 18.6.